The van der Waals surface area contributed by atoms with Gasteiger partial charge in [0.05, 0.1) is 0 Å². The molecule has 1 N–H and O–H groups in total. The minimum absolute atomic E-state index is 0.191. The van der Waals surface area contributed by atoms with Gasteiger partial charge < -0.3 is 9.84 Å². The summed E-state index contributed by atoms with van der Waals surface area (Å²) in [5, 5.41) is 14.0. The Hall–Kier alpha value is -2.41. The van der Waals surface area contributed by atoms with E-state index in [2.05, 4.69) is 10.1 Å². The fraction of sp³-hybridized carbons (Fsp3) is 0.375. The van der Waals surface area contributed by atoms with E-state index in [1.807, 2.05) is 6.92 Å². The van der Waals surface area contributed by atoms with Crippen molar-refractivity contribution < 1.29 is 19.4 Å². The van der Waals surface area contributed by atoms with Crippen molar-refractivity contribution >= 4 is 23.4 Å². The highest BCUT2D eigenvalue weighted by Crippen LogP contribution is 2.31. The highest BCUT2D eigenvalue weighted by Gasteiger charge is 2.46. The monoisotopic (exact) mass is 351 g/mol. The number of hydrogen-bond acceptors (Lipinski definition) is 5. The van der Waals surface area contributed by atoms with Crippen molar-refractivity contribution in [3.8, 4) is 5.75 Å². The van der Waals surface area contributed by atoms with Gasteiger partial charge in [0.1, 0.15) is 23.8 Å². The maximum Gasteiger partial charge on any atom is 0.317 e. The lowest BCUT2D eigenvalue weighted by Crippen LogP contribution is -2.43. The minimum atomic E-state index is -1.59. The molecule has 0 aliphatic rings. The summed E-state index contributed by atoms with van der Waals surface area (Å²) in [6.07, 6.45) is 2.06. The van der Waals surface area contributed by atoms with Gasteiger partial charge in [0.2, 0.25) is 5.78 Å². The van der Waals surface area contributed by atoms with Crippen LogP contribution in [-0.4, -0.2) is 31.6 Å². The molecule has 24 heavy (non-hydrogen) atoms. The number of hydrogen-bond donors (Lipinski definition) is 1. The SMILES string of the molecule is CCCC(C)(C(=O)O)C(=O)C(Oc1ccc(Cl)cc1)n1cncn1. The first kappa shape index (κ1) is 17.9. The van der Waals surface area contributed by atoms with Gasteiger partial charge in [-0.3, -0.25) is 9.59 Å². The van der Waals surface area contributed by atoms with Gasteiger partial charge in [0.15, 0.2) is 0 Å². The molecule has 1 aromatic heterocycles. The molecule has 7 nitrogen and oxygen atoms in total. The molecule has 0 aliphatic heterocycles. The molecule has 1 aromatic carbocycles. The van der Waals surface area contributed by atoms with Crippen LogP contribution in [0.3, 0.4) is 0 Å². The Balaban J connectivity index is 2.37. The molecule has 0 fully saturated rings. The van der Waals surface area contributed by atoms with Crippen LogP contribution in [0.4, 0.5) is 0 Å². The molecule has 0 saturated carbocycles. The number of Topliss-reactive ketones (excluding diaryl/α,β-unsaturated/α-hetero) is 1. The van der Waals surface area contributed by atoms with Gasteiger partial charge in [-0.15, -0.1) is 0 Å². The molecule has 2 aromatic rings. The molecule has 8 heteroatoms. The average Bonchev–Trinajstić information content (AvgIpc) is 3.08. The van der Waals surface area contributed by atoms with Crippen molar-refractivity contribution in [3.05, 3.63) is 41.9 Å². The van der Waals surface area contributed by atoms with E-state index in [4.69, 9.17) is 16.3 Å². The third kappa shape index (κ3) is 3.73. The summed E-state index contributed by atoms with van der Waals surface area (Å²) in [7, 11) is 0. The van der Waals surface area contributed by atoms with Crippen LogP contribution in [-0.2, 0) is 9.59 Å². The van der Waals surface area contributed by atoms with Gasteiger partial charge in [-0.25, -0.2) is 9.67 Å². The van der Waals surface area contributed by atoms with Gasteiger partial charge in [0, 0.05) is 5.02 Å². The van der Waals surface area contributed by atoms with Crippen molar-refractivity contribution in [3.63, 3.8) is 0 Å². The zero-order chi connectivity index (χ0) is 17.7. The van der Waals surface area contributed by atoms with Gasteiger partial charge >= 0.3 is 5.97 Å². The normalized spacial score (nSPS) is 14.6. The minimum Gasteiger partial charge on any atom is -0.481 e. The topological polar surface area (TPSA) is 94.3 Å². The van der Waals surface area contributed by atoms with Crippen molar-refractivity contribution in [1.29, 1.82) is 0 Å². The Kier molecular flexibility index (Phi) is 5.56. The predicted molar refractivity (Wildman–Crippen MR) is 86.8 cm³/mol. The van der Waals surface area contributed by atoms with Crippen LogP contribution in [0, 0.1) is 5.41 Å². The number of aliphatic carboxylic acids is 1. The second kappa shape index (κ2) is 7.44. The molecule has 2 unspecified atom stereocenters. The lowest BCUT2D eigenvalue weighted by molar-refractivity contribution is -0.159. The van der Waals surface area contributed by atoms with Gasteiger partial charge in [0.25, 0.3) is 6.23 Å². The molecule has 2 rings (SSSR count). The van der Waals surface area contributed by atoms with E-state index in [1.165, 1.54) is 24.3 Å². The summed E-state index contributed by atoms with van der Waals surface area (Å²) < 4.78 is 6.91. The largest absolute Gasteiger partial charge is 0.481 e. The first-order valence-corrected chi connectivity index (χ1v) is 7.80. The van der Waals surface area contributed by atoms with Crippen LogP contribution < -0.4 is 4.74 Å². The Morgan fingerprint density at radius 1 is 1.38 bits per heavy atom. The third-order valence-corrected chi connectivity index (χ3v) is 3.98. The molecule has 0 saturated heterocycles. The number of carbonyl (C=O) groups excluding carboxylic acids is 1. The number of aromatic nitrogens is 3. The second-order valence-corrected chi connectivity index (χ2v) is 5.99. The quantitative estimate of drug-likeness (QED) is 0.735. The van der Waals surface area contributed by atoms with Crippen LogP contribution in [0.2, 0.25) is 5.02 Å². The van der Waals surface area contributed by atoms with Gasteiger partial charge in [-0.2, -0.15) is 5.10 Å². The number of ether oxygens (including phenoxy) is 1. The zero-order valence-corrected chi connectivity index (χ0v) is 14.1. The number of halogens is 1. The molecule has 0 bridgehead atoms. The maximum atomic E-state index is 12.9. The van der Waals surface area contributed by atoms with E-state index < -0.39 is 23.4 Å². The molecule has 1 heterocycles. The molecule has 0 radical (unpaired) electrons. The fourth-order valence-electron chi connectivity index (χ4n) is 2.32. The summed E-state index contributed by atoms with van der Waals surface area (Å²) in [5.74, 6) is -1.42. The second-order valence-electron chi connectivity index (χ2n) is 5.55. The van der Waals surface area contributed by atoms with Crippen LogP contribution in [0.1, 0.15) is 32.9 Å². The maximum absolute atomic E-state index is 12.9. The number of rotatable bonds is 8. The van der Waals surface area contributed by atoms with Gasteiger partial charge in [-0.05, 0) is 37.6 Å². The Morgan fingerprint density at radius 3 is 2.54 bits per heavy atom. The van der Waals surface area contributed by atoms with E-state index in [1.54, 1.807) is 24.3 Å². The summed E-state index contributed by atoms with van der Waals surface area (Å²) >= 11 is 5.84. The first-order valence-electron chi connectivity index (χ1n) is 7.42. The number of carboxylic acid groups (broad SMARTS) is 1. The molecular weight excluding hydrogens is 334 g/mol. The Bertz CT molecular complexity index is 703. The van der Waals surface area contributed by atoms with Crippen molar-refractivity contribution in [2.45, 2.75) is 32.9 Å². The number of carboxylic acids is 1. The van der Waals surface area contributed by atoms with Crippen molar-refractivity contribution in [2.75, 3.05) is 0 Å². The molecule has 0 spiro atoms. The average molecular weight is 352 g/mol. The highest BCUT2D eigenvalue weighted by molar-refractivity contribution is 6.30. The summed E-state index contributed by atoms with van der Waals surface area (Å²) in [6, 6.07) is 6.42. The number of benzene rings is 1. The third-order valence-electron chi connectivity index (χ3n) is 3.73. The van der Waals surface area contributed by atoms with E-state index in [9.17, 15) is 14.7 Å². The van der Waals surface area contributed by atoms with E-state index in [0.29, 0.717) is 17.2 Å². The molecule has 2 atom stereocenters. The standard InChI is InChI=1S/C16H18ClN3O4/c1-3-8-16(2,15(22)23)13(21)14(20-10-18-9-19-20)24-12-6-4-11(17)5-7-12/h4-7,9-10,14H,3,8H2,1-2H3,(H,22,23). The number of ketones is 1. The lowest BCUT2D eigenvalue weighted by atomic mass is 9.80. The molecular formula is C16H18ClN3O4. The van der Waals surface area contributed by atoms with Crippen LogP contribution in [0.25, 0.3) is 0 Å². The summed E-state index contributed by atoms with van der Waals surface area (Å²) in [6.45, 7) is 3.22. The predicted octanol–water partition coefficient (Wildman–Crippen LogP) is 2.97. The smallest absolute Gasteiger partial charge is 0.317 e. The van der Waals surface area contributed by atoms with Crippen molar-refractivity contribution in [1.82, 2.24) is 14.8 Å². The van der Waals surface area contributed by atoms with E-state index in [-0.39, 0.29) is 6.42 Å². The first-order chi connectivity index (χ1) is 11.4. The molecule has 128 valence electrons. The Labute approximate surface area is 144 Å². The molecule has 0 amide bonds. The van der Waals surface area contributed by atoms with Crippen molar-refractivity contribution in [2.24, 2.45) is 5.41 Å². The van der Waals surface area contributed by atoms with E-state index in [0.717, 1.165) is 0 Å². The highest BCUT2D eigenvalue weighted by atomic mass is 35.5. The summed E-state index contributed by atoms with van der Waals surface area (Å²) in [4.78, 5) is 28.4. The van der Waals surface area contributed by atoms with E-state index >= 15 is 0 Å². The number of carbonyl (C=O) groups is 2. The van der Waals surface area contributed by atoms with Crippen LogP contribution in [0.15, 0.2) is 36.9 Å². The zero-order valence-electron chi connectivity index (χ0n) is 13.3. The lowest BCUT2D eigenvalue weighted by Gasteiger charge is -2.28. The Morgan fingerprint density at radius 2 is 2.04 bits per heavy atom. The van der Waals surface area contributed by atoms with Crippen LogP contribution in [0.5, 0.6) is 5.75 Å². The summed E-state index contributed by atoms with van der Waals surface area (Å²) in [5.41, 5.74) is -1.59. The fourth-order valence-corrected chi connectivity index (χ4v) is 2.44. The molecule has 0 aliphatic carbocycles. The van der Waals surface area contributed by atoms with Gasteiger partial charge in [-0.1, -0.05) is 24.9 Å². The van der Waals surface area contributed by atoms with Crippen LogP contribution >= 0.6 is 11.6 Å². The number of nitrogens with zero attached hydrogens (tertiary/aromatic N) is 3.